The lowest BCUT2D eigenvalue weighted by Gasteiger charge is -2.31. The second-order valence-corrected chi connectivity index (χ2v) is 6.91. The number of para-hydroxylation sites is 1. The topological polar surface area (TPSA) is 30.5 Å². The second-order valence-electron chi connectivity index (χ2n) is 6.91. The highest BCUT2D eigenvalue weighted by molar-refractivity contribution is 5.46. The first-order valence-electron chi connectivity index (χ1n) is 8.82. The van der Waals surface area contributed by atoms with Crippen LogP contribution in [-0.2, 0) is 6.18 Å². The van der Waals surface area contributed by atoms with Gasteiger partial charge in [0.25, 0.3) is 0 Å². The van der Waals surface area contributed by atoms with Crippen molar-refractivity contribution < 1.29 is 22.6 Å². The van der Waals surface area contributed by atoms with E-state index in [4.69, 9.17) is 9.47 Å². The molecule has 3 atom stereocenters. The average molecular weight is 363 g/mol. The Morgan fingerprint density at radius 3 is 2.23 bits per heavy atom. The normalized spacial score (nSPS) is 25.1. The van der Waals surface area contributed by atoms with Crippen LogP contribution in [0.2, 0.25) is 0 Å². The Labute approximate surface area is 150 Å². The molecule has 1 unspecified atom stereocenters. The minimum atomic E-state index is -4.43. The molecular weight excluding hydrogens is 343 g/mol. The lowest BCUT2D eigenvalue weighted by Crippen LogP contribution is -2.44. The van der Waals surface area contributed by atoms with Crippen LogP contribution in [-0.4, -0.2) is 19.2 Å². The number of hydrogen-bond acceptors (Lipinski definition) is 3. The molecule has 1 saturated heterocycles. The van der Waals surface area contributed by atoms with Crippen LogP contribution in [0.1, 0.15) is 18.4 Å². The van der Waals surface area contributed by atoms with Crippen molar-refractivity contribution in [2.24, 2.45) is 11.8 Å². The number of hydrogen-bond donors (Lipinski definition) is 1. The first-order valence-corrected chi connectivity index (χ1v) is 8.82. The molecule has 4 rings (SSSR count). The van der Waals surface area contributed by atoms with Crippen molar-refractivity contribution in [3.05, 3.63) is 54.1 Å². The van der Waals surface area contributed by atoms with Crippen LogP contribution >= 0.6 is 0 Å². The van der Waals surface area contributed by atoms with Crippen LogP contribution in [0.5, 0.6) is 17.2 Å². The molecule has 26 heavy (non-hydrogen) atoms. The number of halogens is 3. The molecule has 2 fully saturated rings. The van der Waals surface area contributed by atoms with Gasteiger partial charge < -0.3 is 14.8 Å². The summed E-state index contributed by atoms with van der Waals surface area (Å²) in [5.41, 5.74) is -0.746. The summed E-state index contributed by atoms with van der Waals surface area (Å²) < 4.78 is 51.3. The van der Waals surface area contributed by atoms with Crippen LogP contribution in [0.25, 0.3) is 0 Å². The van der Waals surface area contributed by atoms with Crippen molar-refractivity contribution in [2.75, 3.05) is 13.1 Å². The van der Waals surface area contributed by atoms with Gasteiger partial charge in [-0.05, 0) is 43.2 Å². The SMILES string of the molecule is FC(F)(F)c1ccc(OC2[C@@H]3CC[C@H]2CNC3)c(Oc2ccccc2)c1. The van der Waals surface area contributed by atoms with E-state index in [0.717, 1.165) is 38.1 Å². The van der Waals surface area contributed by atoms with E-state index in [1.165, 1.54) is 6.07 Å². The van der Waals surface area contributed by atoms with Gasteiger partial charge in [-0.2, -0.15) is 13.2 Å². The molecule has 0 aromatic heterocycles. The van der Waals surface area contributed by atoms with Crippen molar-refractivity contribution in [1.29, 1.82) is 0 Å². The maximum Gasteiger partial charge on any atom is 0.416 e. The van der Waals surface area contributed by atoms with E-state index in [9.17, 15) is 13.2 Å². The van der Waals surface area contributed by atoms with Gasteiger partial charge in [0.2, 0.25) is 0 Å². The molecule has 138 valence electrons. The van der Waals surface area contributed by atoms with Crippen molar-refractivity contribution >= 4 is 0 Å². The molecule has 2 bridgehead atoms. The van der Waals surface area contributed by atoms with E-state index in [-0.39, 0.29) is 11.9 Å². The quantitative estimate of drug-likeness (QED) is 0.840. The number of benzene rings is 2. The minimum absolute atomic E-state index is 0.0195. The molecule has 6 heteroatoms. The van der Waals surface area contributed by atoms with E-state index in [1.54, 1.807) is 24.3 Å². The standard InChI is InChI=1S/C20H20F3NO2/c21-20(22,23)15-8-9-17(18(10-15)25-16-4-2-1-3-5-16)26-19-13-6-7-14(19)12-24-11-13/h1-5,8-10,13-14,19,24H,6-7,11-12H2/t13-,14+,19?. The third-order valence-electron chi connectivity index (χ3n) is 5.16. The predicted octanol–water partition coefficient (Wildman–Crippen LogP) is 4.87. The summed E-state index contributed by atoms with van der Waals surface area (Å²) in [6.07, 6.45) is -2.25. The molecule has 0 spiro atoms. The monoisotopic (exact) mass is 363 g/mol. The molecule has 2 aliphatic rings. The summed E-state index contributed by atoms with van der Waals surface area (Å²) in [7, 11) is 0. The molecule has 3 nitrogen and oxygen atoms in total. The van der Waals surface area contributed by atoms with E-state index in [1.807, 2.05) is 6.07 Å². The molecule has 1 saturated carbocycles. The maximum absolute atomic E-state index is 13.1. The zero-order valence-corrected chi connectivity index (χ0v) is 14.1. The van der Waals surface area contributed by atoms with E-state index in [0.29, 0.717) is 23.3 Å². The van der Waals surface area contributed by atoms with Gasteiger partial charge in [0.15, 0.2) is 11.5 Å². The zero-order valence-electron chi connectivity index (χ0n) is 14.1. The summed E-state index contributed by atoms with van der Waals surface area (Å²) in [5.74, 6) is 1.72. The van der Waals surface area contributed by atoms with Gasteiger partial charge in [0.1, 0.15) is 11.9 Å². The Balaban J connectivity index is 1.64. The van der Waals surface area contributed by atoms with Crippen LogP contribution in [0, 0.1) is 11.8 Å². The minimum Gasteiger partial charge on any atom is -0.486 e. The van der Waals surface area contributed by atoms with Crippen molar-refractivity contribution in [3.63, 3.8) is 0 Å². The predicted molar refractivity (Wildman–Crippen MR) is 91.5 cm³/mol. The summed E-state index contributed by atoms with van der Waals surface area (Å²) in [5, 5.41) is 3.39. The van der Waals surface area contributed by atoms with Crippen molar-refractivity contribution in [3.8, 4) is 17.2 Å². The fraction of sp³-hybridized carbons (Fsp3) is 0.400. The Bertz CT molecular complexity index is 747. The summed E-state index contributed by atoms with van der Waals surface area (Å²) >= 11 is 0. The Morgan fingerprint density at radius 2 is 1.58 bits per heavy atom. The summed E-state index contributed by atoms with van der Waals surface area (Å²) in [6, 6.07) is 12.2. The van der Waals surface area contributed by atoms with Gasteiger partial charge in [0, 0.05) is 24.9 Å². The highest BCUT2D eigenvalue weighted by Crippen LogP contribution is 2.42. The van der Waals surface area contributed by atoms with E-state index in [2.05, 4.69) is 5.32 Å². The van der Waals surface area contributed by atoms with Gasteiger partial charge in [-0.15, -0.1) is 0 Å². The van der Waals surface area contributed by atoms with Crippen molar-refractivity contribution in [2.45, 2.75) is 25.1 Å². The number of alkyl halides is 3. The Kier molecular flexibility index (Phi) is 4.53. The smallest absolute Gasteiger partial charge is 0.416 e. The molecule has 2 aromatic carbocycles. The number of ether oxygens (including phenoxy) is 2. The maximum atomic E-state index is 13.1. The lowest BCUT2D eigenvalue weighted by atomic mass is 9.96. The number of nitrogens with one attached hydrogen (secondary N) is 1. The summed E-state index contributed by atoms with van der Waals surface area (Å²) in [4.78, 5) is 0. The van der Waals surface area contributed by atoms with E-state index >= 15 is 0 Å². The first kappa shape index (κ1) is 17.2. The molecule has 0 radical (unpaired) electrons. The van der Waals surface area contributed by atoms with Crippen LogP contribution in [0.4, 0.5) is 13.2 Å². The Morgan fingerprint density at radius 1 is 0.885 bits per heavy atom. The zero-order chi connectivity index (χ0) is 18.1. The third-order valence-corrected chi connectivity index (χ3v) is 5.16. The second kappa shape index (κ2) is 6.83. The van der Waals surface area contributed by atoms with Gasteiger partial charge in [-0.25, -0.2) is 0 Å². The molecule has 1 aliphatic heterocycles. The highest BCUT2D eigenvalue weighted by atomic mass is 19.4. The lowest BCUT2D eigenvalue weighted by molar-refractivity contribution is -0.137. The molecule has 0 amide bonds. The highest BCUT2D eigenvalue weighted by Gasteiger charge is 2.41. The largest absolute Gasteiger partial charge is 0.486 e. The van der Waals surface area contributed by atoms with Crippen LogP contribution in [0.3, 0.4) is 0 Å². The molecule has 2 aromatic rings. The first-order chi connectivity index (χ1) is 12.5. The fourth-order valence-electron chi connectivity index (χ4n) is 3.85. The fourth-order valence-corrected chi connectivity index (χ4v) is 3.85. The van der Waals surface area contributed by atoms with Crippen LogP contribution < -0.4 is 14.8 Å². The Hall–Kier alpha value is -2.21. The summed E-state index contributed by atoms with van der Waals surface area (Å²) in [6.45, 7) is 1.77. The number of piperidine rings is 1. The van der Waals surface area contributed by atoms with Gasteiger partial charge in [-0.1, -0.05) is 18.2 Å². The van der Waals surface area contributed by atoms with E-state index < -0.39 is 11.7 Å². The van der Waals surface area contributed by atoms with Crippen LogP contribution in [0.15, 0.2) is 48.5 Å². The molecule has 1 heterocycles. The van der Waals surface area contributed by atoms with Gasteiger partial charge in [-0.3, -0.25) is 0 Å². The number of fused-ring (bicyclic) bond motifs is 2. The molecule has 1 N–H and O–H groups in total. The molecule has 1 aliphatic carbocycles. The van der Waals surface area contributed by atoms with Gasteiger partial charge >= 0.3 is 6.18 Å². The third kappa shape index (κ3) is 3.51. The number of rotatable bonds is 4. The van der Waals surface area contributed by atoms with Crippen molar-refractivity contribution in [1.82, 2.24) is 5.32 Å². The average Bonchev–Trinajstić information content (AvgIpc) is 2.83. The molecular formula is C20H20F3NO2. The van der Waals surface area contributed by atoms with Gasteiger partial charge in [0.05, 0.1) is 5.56 Å².